The Morgan fingerprint density at radius 2 is 1.74 bits per heavy atom. The van der Waals surface area contributed by atoms with Crippen molar-refractivity contribution in [3.05, 3.63) is 98.8 Å². The van der Waals surface area contributed by atoms with Crippen molar-refractivity contribution in [2.45, 2.75) is 20.3 Å². The lowest BCUT2D eigenvalue weighted by Gasteiger charge is -2.14. The normalized spacial score (nSPS) is 10.9. The summed E-state index contributed by atoms with van der Waals surface area (Å²) in [6.45, 7) is 3.93. The van der Waals surface area contributed by atoms with Gasteiger partial charge >= 0.3 is 11.4 Å². The van der Waals surface area contributed by atoms with Crippen LogP contribution in [0.2, 0.25) is 0 Å². The standard InChI is InChI=1S/C23H21N5O3/c1-3-17-18(19-11-12-25-22(24)21(19)28(30)31)5-4-6-20(17)27-14-13-26(23(27)29)16-9-7-15(2)8-10-16/h4-14H,3H2,1-2H3,(H2,24,25). The summed E-state index contributed by atoms with van der Waals surface area (Å²) in [5.74, 6) is -0.141. The summed E-state index contributed by atoms with van der Waals surface area (Å²) in [5, 5.41) is 11.6. The lowest BCUT2D eigenvalue weighted by molar-refractivity contribution is -0.383. The molecule has 8 nitrogen and oxygen atoms in total. The van der Waals surface area contributed by atoms with E-state index in [1.165, 1.54) is 6.20 Å². The number of nitro groups is 1. The molecular weight excluding hydrogens is 394 g/mol. The monoisotopic (exact) mass is 415 g/mol. The quantitative estimate of drug-likeness (QED) is 0.391. The molecule has 31 heavy (non-hydrogen) atoms. The highest BCUT2D eigenvalue weighted by Gasteiger charge is 2.23. The van der Waals surface area contributed by atoms with Gasteiger partial charge in [-0.05, 0) is 48.7 Å². The molecule has 0 saturated heterocycles. The third kappa shape index (κ3) is 3.48. The summed E-state index contributed by atoms with van der Waals surface area (Å²) in [5.41, 5.74) is 9.70. The van der Waals surface area contributed by atoms with Gasteiger partial charge in [-0.1, -0.05) is 36.8 Å². The maximum absolute atomic E-state index is 13.2. The molecule has 0 radical (unpaired) electrons. The molecule has 0 amide bonds. The highest BCUT2D eigenvalue weighted by Crippen LogP contribution is 2.37. The van der Waals surface area contributed by atoms with E-state index in [-0.39, 0.29) is 17.2 Å². The predicted octanol–water partition coefficient (Wildman–Crippen LogP) is 4.05. The van der Waals surface area contributed by atoms with Gasteiger partial charge < -0.3 is 5.73 Å². The van der Waals surface area contributed by atoms with Crippen LogP contribution in [0.15, 0.2) is 71.9 Å². The number of benzene rings is 2. The Balaban J connectivity index is 1.91. The van der Waals surface area contributed by atoms with Gasteiger partial charge in [0, 0.05) is 18.6 Å². The summed E-state index contributed by atoms with van der Waals surface area (Å²) in [7, 11) is 0. The minimum Gasteiger partial charge on any atom is -0.378 e. The van der Waals surface area contributed by atoms with Crippen LogP contribution in [0.3, 0.4) is 0 Å². The first-order chi connectivity index (χ1) is 14.9. The Kier molecular flexibility index (Phi) is 5.12. The van der Waals surface area contributed by atoms with Crippen LogP contribution in [-0.2, 0) is 6.42 Å². The number of nitrogens with two attached hydrogens (primary N) is 1. The number of nitrogens with zero attached hydrogens (tertiary/aromatic N) is 4. The Labute approximate surface area is 178 Å². The van der Waals surface area contributed by atoms with Crippen molar-refractivity contribution in [1.82, 2.24) is 14.1 Å². The number of aryl methyl sites for hydroxylation is 1. The van der Waals surface area contributed by atoms with E-state index >= 15 is 0 Å². The molecule has 0 aliphatic heterocycles. The fraction of sp³-hybridized carbons (Fsp3) is 0.130. The molecule has 2 aromatic carbocycles. The number of anilines is 1. The Hall–Kier alpha value is -4.20. The molecule has 0 spiro atoms. The molecule has 8 heteroatoms. The molecule has 2 aromatic heterocycles. The van der Waals surface area contributed by atoms with E-state index in [2.05, 4.69) is 4.98 Å². The van der Waals surface area contributed by atoms with Gasteiger partial charge in [0.2, 0.25) is 5.82 Å². The second kappa shape index (κ2) is 7.91. The van der Waals surface area contributed by atoms with E-state index in [9.17, 15) is 14.9 Å². The largest absolute Gasteiger partial charge is 0.378 e. The van der Waals surface area contributed by atoms with Crippen molar-refractivity contribution in [1.29, 1.82) is 0 Å². The SMILES string of the molecule is CCc1c(-c2ccnc(N)c2[N+](=O)[O-])cccc1-n1ccn(-c2ccc(C)cc2)c1=O. The van der Waals surface area contributed by atoms with E-state index in [4.69, 9.17) is 5.73 Å². The van der Waals surface area contributed by atoms with Crippen LogP contribution in [0, 0.1) is 17.0 Å². The predicted molar refractivity (Wildman–Crippen MR) is 120 cm³/mol. The molecule has 156 valence electrons. The molecule has 0 aliphatic carbocycles. The first-order valence-electron chi connectivity index (χ1n) is 9.81. The zero-order valence-electron chi connectivity index (χ0n) is 17.1. The molecule has 0 aliphatic rings. The van der Waals surface area contributed by atoms with E-state index < -0.39 is 4.92 Å². The fourth-order valence-corrected chi connectivity index (χ4v) is 3.77. The molecule has 4 aromatic rings. The molecule has 2 N–H and O–H groups in total. The summed E-state index contributed by atoms with van der Waals surface area (Å²) in [6.07, 6.45) is 5.43. The average Bonchev–Trinajstić information content (AvgIpc) is 3.14. The van der Waals surface area contributed by atoms with Crippen LogP contribution < -0.4 is 11.4 Å². The van der Waals surface area contributed by atoms with Crippen LogP contribution >= 0.6 is 0 Å². The van der Waals surface area contributed by atoms with Crippen molar-refractivity contribution in [3.63, 3.8) is 0 Å². The summed E-state index contributed by atoms with van der Waals surface area (Å²) >= 11 is 0. The number of nitrogen functional groups attached to an aromatic ring is 1. The highest BCUT2D eigenvalue weighted by molar-refractivity contribution is 5.82. The first-order valence-corrected chi connectivity index (χ1v) is 9.81. The molecule has 0 fully saturated rings. The second-order valence-corrected chi connectivity index (χ2v) is 7.16. The van der Waals surface area contributed by atoms with Gasteiger partial charge in [0.05, 0.1) is 21.9 Å². The van der Waals surface area contributed by atoms with Gasteiger partial charge in [0.25, 0.3) is 0 Å². The molecule has 4 rings (SSSR count). The van der Waals surface area contributed by atoms with Gasteiger partial charge in [-0.2, -0.15) is 0 Å². The molecule has 0 unspecified atom stereocenters. The lowest BCUT2D eigenvalue weighted by atomic mass is 9.95. The maximum atomic E-state index is 13.2. The van der Waals surface area contributed by atoms with Crippen molar-refractivity contribution in [2.75, 3.05) is 5.73 Å². The van der Waals surface area contributed by atoms with Gasteiger partial charge in [-0.3, -0.25) is 19.2 Å². The molecule has 0 saturated carbocycles. The molecule has 0 bridgehead atoms. The molecule has 0 atom stereocenters. The third-order valence-electron chi connectivity index (χ3n) is 5.28. The van der Waals surface area contributed by atoms with Gasteiger partial charge in [-0.15, -0.1) is 0 Å². The van der Waals surface area contributed by atoms with Crippen molar-refractivity contribution in [3.8, 4) is 22.5 Å². The van der Waals surface area contributed by atoms with Crippen LogP contribution in [0.1, 0.15) is 18.1 Å². The first kappa shape index (κ1) is 20.1. The van der Waals surface area contributed by atoms with Gasteiger partial charge in [-0.25, -0.2) is 9.78 Å². The van der Waals surface area contributed by atoms with Gasteiger partial charge in [0.15, 0.2) is 0 Å². The summed E-state index contributed by atoms with van der Waals surface area (Å²) in [6, 6.07) is 14.7. The van der Waals surface area contributed by atoms with E-state index in [0.29, 0.717) is 23.2 Å². The number of hydrogen-bond donors (Lipinski definition) is 1. The fourth-order valence-electron chi connectivity index (χ4n) is 3.77. The van der Waals surface area contributed by atoms with E-state index in [0.717, 1.165) is 16.8 Å². The van der Waals surface area contributed by atoms with Crippen molar-refractivity contribution >= 4 is 11.5 Å². The van der Waals surface area contributed by atoms with Crippen LogP contribution in [0.25, 0.3) is 22.5 Å². The number of aromatic nitrogens is 3. The third-order valence-corrected chi connectivity index (χ3v) is 5.28. The van der Waals surface area contributed by atoms with Crippen molar-refractivity contribution in [2.24, 2.45) is 0 Å². The van der Waals surface area contributed by atoms with E-state index in [1.54, 1.807) is 39.7 Å². The number of rotatable bonds is 5. The number of hydrogen-bond acceptors (Lipinski definition) is 5. The van der Waals surface area contributed by atoms with Crippen LogP contribution in [0.4, 0.5) is 11.5 Å². The average molecular weight is 415 g/mol. The zero-order valence-corrected chi connectivity index (χ0v) is 17.1. The number of imidazole rings is 1. The maximum Gasteiger partial charge on any atom is 0.337 e. The summed E-state index contributed by atoms with van der Waals surface area (Å²) in [4.78, 5) is 28.2. The minimum atomic E-state index is -0.524. The second-order valence-electron chi connectivity index (χ2n) is 7.16. The zero-order chi connectivity index (χ0) is 22.1. The summed E-state index contributed by atoms with van der Waals surface area (Å²) < 4.78 is 3.12. The Morgan fingerprint density at radius 3 is 2.42 bits per heavy atom. The topological polar surface area (TPSA) is 109 Å². The van der Waals surface area contributed by atoms with E-state index in [1.807, 2.05) is 44.2 Å². The van der Waals surface area contributed by atoms with Crippen LogP contribution in [0.5, 0.6) is 0 Å². The smallest absolute Gasteiger partial charge is 0.337 e. The van der Waals surface area contributed by atoms with Crippen molar-refractivity contribution < 1.29 is 4.92 Å². The number of pyridine rings is 1. The Bertz CT molecular complexity index is 1340. The Morgan fingerprint density at radius 1 is 1.03 bits per heavy atom. The molecule has 2 heterocycles. The minimum absolute atomic E-state index is 0.141. The van der Waals surface area contributed by atoms with Gasteiger partial charge in [0.1, 0.15) is 0 Å². The lowest BCUT2D eigenvalue weighted by Crippen LogP contribution is -2.22. The molecular formula is C23H21N5O3. The van der Waals surface area contributed by atoms with Crippen LogP contribution in [-0.4, -0.2) is 19.0 Å². The highest BCUT2D eigenvalue weighted by atomic mass is 16.6.